The molecule has 0 heterocycles. The number of nitrogens with one attached hydrogen (secondary N) is 1. The minimum absolute atomic E-state index is 0.146. The number of para-hydroxylation sites is 2. The van der Waals surface area contributed by atoms with Gasteiger partial charge < -0.3 is 16.0 Å². The van der Waals surface area contributed by atoms with Gasteiger partial charge in [0.05, 0.1) is 17.4 Å². The van der Waals surface area contributed by atoms with E-state index < -0.39 is 6.04 Å². The molecule has 1 saturated carbocycles. The van der Waals surface area contributed by atoms with Crippen molar-refractivity contribution < 1.29 is 4.79 Å². The van der Waals surface area contributed by atoms with E-state index in [2.05, 4.69) is 23.3 Å². The number of rotatable bonds is 4. The van der Waals surface area contributed by atoms with Crippen molar-refractivity contribution in [1.29, 1.82) is 0 Å². The summed E-state index contributed by atoms with van der Waals surface area (Å²) in [5.41, 5.74) is 7.53. The van der Waals surface area contributed by atoms with Gasteiger partial charge in [-0.1, -0.05) is 25.0 Å². The molecule has 1 unspecified atom stereocenters. The van der Waals surface area contributed by atoms with Crippen molar-refractivity contribution in [2.45, 2.75) is 44.7 Å². The second kappa shape index (κ2) is 6.06. The lowest BCUT2D eigenvalue weighted by Gasteiger charge is -2.28. The average molecular weight is 261 g/mol. The summed E-state index contributed by atoms with van der Waals surface area (Å²) in [5.74, 6) is -0.146. The Morgan fingerprint density at radius 3 is 2.63 bits per heavy atom. The Bertz CT molecular complexity index is 439. The van der Waals surface area contributed by atoms with Crippen LogP contribution in [0.25, 0.3) is 0 Å². The van der Waals surface area contributed by atoms with Crippen molar-refractivity contribution in [2.24, 2.45) is 5.73 Å². The van der Waals surface area contributed by atoms with Crippen LogP contribution < -0.4 is 16.0 Å². The molecule has 1 atom stereocenters. The van der Waals surface area contributed by atoms with Crippen molar-refractivity contribution in [1.82, 2.24) is 0 Å². The van der Waals surface area contributed by atoms with Gasteiger partial charge in [0, 0.05) is 13.1 Å². The monoisotopic (exact) mass is 261 g/mol. The predicted octanol–water partition coefficient (Wildman–Crippen LogP) is 2.35. The van der Waals surface area contributed by atoms with E-state index in [-0.39, 0.29) is 5.91 Å². The molecule has 0 saturated heterocycles. The SMILES string of the molecule is CC(N)C(=O)Nc1ccccc1N(C)C1CCCC1. The maximum atomic E-state index is 11.8. The Morgan fingerprint density at radius 1 is 1.37 bits per heavy atom. The second-order valence-corrected chi connectivity index (χ2v) is 5.34. The molecule has 0 aliphatic heterocycles. The summed E-state index contributed by atoms with van der Waals surface area (Å²) < 4.78 is 0. The van der Waals surface area contributed by atoms with Crippen LogP contribution >= 0.6 is 0 Å². The standard InChI is InChI=1S/C15H23N3O/c1-11(16)15(19)17-13-9-5-6-10-14(13)18(2)12-7-3-4-8-12/h5-6,9-12H,3-4,7-8,16H2,1-2H3,(H,17,19). The summed E-state index contributed by atoms with van der Waals surface area (Å²) in [4.78, 5) is 14.0. The number of nitrogens with zero attached hydrogens (tertiary/aromatic N) is 1. The summed E-state index contributed by atoms with van der Waals surface area (Å²) in [6.45, 7) is 1.69. The number of anilines is 2. The highest BCUT2D eigenvalue weighted by Gasteiger charge is 2.22. The molecule has 0 radical (unpaired) electrons. The van der Waals surface area contributed by atoms with E-state index >= 15 is 0 Å². The lowest BCUT2D eigenvalue weighted by atomic mass is 10.1. The molecule has 1 aromatic carbocycles. The summed E-state index contributed by atoms with van der Waals surface area (Å²) in [7, 11) is 2.10. The number of carbonyl (C=O) groups excluding carboxylic acids is 1. The Balaban J connectivity index is 2.17. The van der Waals surface area contributed by atoms with Crippen LogP contribution in [-0.4, -0.2) is 25.0 Å². The molecule has 1 fully saturated rings. The van der Waals surface area contributed by atoms with Crippen LogP contribution in [0.3, 0.4) is 0 Å². The van der Waals surface area contributed by atoms with Crippen LogP contribution in [0.4, 0.5) is 11.4 Å². The summed E-state index contributed by atoms with van der Waals surface area (Å²) in [5, 5.41) is 2.91. The first-order valence-corrected chi connectivity index (χ1v) is 6.98. The highest BCUT2D eigenvalue weighted by atomic mass is 16.2. The lowest BCUT2D eigenvalue weighted by Crippen LogP contribution is -2.34. The Morgan fingerprint density at radius 2 is 2.00 bits per heavy atom. The predicted molar refractivity (Wildman–Crippen MR) is 79.4 cm³/mol. The van der Waals surface area contributed by atoms with E-state index in [4.69, 9.17) is 5.73 Å². The van der Waals surface area contributed by atoms with Gasteiger partial charge in [-0.2, -0.15) is 0 Å². The molecular formula is C15H23N3O. The van der Waals surface area contributed by atoms with Gasteiger partial charge in [0.25, 0.3) is 0 Å². The van der Waals surface area contributed by atoms with Gasteiger partial charge in [0.2, 0.25) is 5.91 Å². The highest BCUT2D eigenvalue weighted by Crippen LogP contribution is 2.31. The third-order valence-electron chi connectivity index (χ3n) is 3.83. The zero-order valence-electron chi connectivity index (χ0n) is 11.7. The maximum Gasteiger partial charge on any atom is 0.241 e. The third-order valence-corrected chi connectivity index (χ3v) is 3.83. The summed E-state index contributed by atoms with van der Waals surface area (Å²) in [6, 6.07) is 8.00. The third kappa shape index (κ3) is 3.26. The molecule has 4 heteroatoms. The quantitative estimate of drug-likeness (QED) is 0.874. The molecule has 1 aromatic rings. The molecule has 19 heavy (non-hydrogen) atoms. The van der Waals surface area contributed by atoms with Gasteiger partial charge in [-0.05, 0) is 31.9 Å². The van der Waals surface area contributed by atoms with Crippen LogP contribution in [0.2, 0.25) is 0 Å². The van der Waals surface area contributed by atoms with E-state index in [1.807, 2.05) is 18.2 Å². The smallest absolute Gasteiger partial charge is 0.241 e. The first kappa shape index (κ1) is 13.9. The molecular weight excluding hydrogens is 238 g/mol. The normalized spacial score (nSPS) is 17.2. The Labute approximate surface area is 115 Å². The molecule has 1 amide bonds. The van der Waals surface area contributed by atoms with Crippen LogP contribution in [0.1, 0.15) is 32.6 Å². The molecule has 1 aliphatic carbocycles. The van der Waals surface area contributed by atoms with Gasteiger partial charge in [0.1, 0.15) is 0 Å². The largest absolute Gasteiger partial charge is 0.370 e. The lowest BCUT2D eigenvalue weighted by molar-refractivity contribution is -0.117. The van der Waals surface area contributed by atoms with Gasteiger partial charge in [0.15, 0.2) is 0 Å². The Kier molecular flexibility index (Phi) is 4.43. The molecule has 104 valence electrons. The van der Waals surface area contributed by atoms with Crippen LogP contribution in [-0.2, 0) is 4.79 Å². The van der Waals surface area contributed by atoms with Crippen molar-refractivity contribution in [3.05, 3.63) is 24.3 Å². The number of amides is 1. The number of hydrogen-bond donors (Lipinski definition) is 2. The number of benzene rings is 1. The topological polar surface area (TPSA) is 58.4 Å². The molecule has 1 aliphatic rings. The van der Waals surface area contributed by atoms with E-state index in [0.29, 0.717) is 6.04 Å². The first-order chi connectivity index (χ1) is 9.09. The maximum absolute atomic E-state index is 11.8. The number of hydrogen-bond acceptors (Lipinski definition) is 3. The summed E-state index contributed by atoms with van der Waals surface area (Å²) in [6.07, 6.45) is 5.05. The van der Waals surface area contributed by atoms with Gasteiger partial charge in [-0.25, -0.2) is 0 Å². The van der Waals surface area contributed by atoms with Crippen molar-refractivity contribution >= 4 is 17.3 Å². The Hall–Kier alpha value is -1.55. The molecule has 2 rings (SSSR count). The van der Waals surface area contributed by atoms with Gasteiger partial charge >= 0.3 is 0 Å². The van der Waals surface area contributed by atoms with E-state index in [9.17, 15) is 4.79 Å². The molecule has 4 nitrogen and oxygen atoms in total. The summed E-state index contributed by atoms with van der Waals surface area (Å²) >= 11 is 0. The molecule has 3 N–H and O–H groups in total. The fourth-order valence-corrected chi connectivity index (χ4v) is 2.62. The van der Waals surface area contributed by atoms with Crippen molar-refractivity contribution in [3.8, 4) is 0 Å². The van der Waals surface area contributed by atoms with Crippen molar-refractivity contribution in [2.75, 3.05) is 17.3 Å². The van der Waals surface area contributed by atoms with E-state index in [1.54, 1.807) is 6.92 Å². The van der Waals surface area contributed by atoms with E-state index in [0.717, 1.165) is 11.4 Å². The van der Waals surface area contributed by atoms with Gasteiger partial charge in [-0.15, -0.1) is 0 Å². The minimum atomic E-state index is -0.496. The van der Waals surface area contributed by atoms with Crippen LogP contribution in [0, 0.1) is 0 Å². The zero-order valence-corrected chi connectivity index (χ0v) is 11.7. The molecule has 0 bridgehead atoms. The van der Waals surface area contributed by atoms with Crippen LogP contribution in [0.5, 0.6) is 0 Å². The minimum Gasteiger partial charge on any atom is -0.370 e. The van der Waals surface area contributed by atoms with E-state index in [1.165, 1.54) is 25.7 Å². The fraction of sp³-hybridized carbons (Fsp3) is 0.533. The number of nitrogens with two attached hydrogens (primary N) is 1. The average Bonchev–Trinajstić information content (AvgIpc) is 2.92. The fourth-order valence-electron chi connectivity index (χ4n) is 2.62. The zero-order chi connectivity index (χ0) is 13.8. The highest BCUT2D eigenvalue weighted by molar-refractivity contribution is 5.97. The first-order valence-electron chi connectivity index (χ1n) is 6.98. The van der Waals surface area contributed by atoms with Gasteiger partial charge in [-0.3, -0.25) is 4.79 Å². The molecule has 0 spiro atoms. The molecule has 0 aromatic heterocycles. The van der Waals surface area contributed by atoms with Crippen LogP contribution in [0.15, 0.2) is 24.3 Å². The number of carbonyl (C=O) groups is 1. The second-order valence-electron chi connectivity index (χ2n) is 5.34. The van der Waals surface area contributed by atoms with Crippen molar-refractivity contribution in [3.63, 3.8) is 0 Å².